The zero-order chi connectivity index (χ0) is 21.0. The molecule has 0 spiro atoms. The summed E-state index contributed by atoms with van der Waals surface area (Å²) in [6.45, 7) is 6.80. The molecular weight excluding hydrogens is 393 g/mol. The van der Waals surface area contributed by atoms with E-state index in [1.54, 1.807) is 18.2 Å². The molecule has 2 aromatic rings. The Bertz CT molecular complexity index is 895. The molecule has 7 heteroatoms. The van der Waals surface area contributed by atoms with Crippen LogP contribution >= 0.6 is 11.6 Å². The van der Waals surface area contributed by atoms with Crippen LogP contribution in [-0.4, -0.2) is 42.9 Å². The summed E-state index contributed by atoms with van der Waals surface area (Å²) >= 11 is 6.44. The van der Waals surface area contributed by atoms with Crippen LogP contribution in [-0.2, 0) is 4.79 Å². The van der Waals surface area contributed by atoms with E-state index >= 15 is 0 Å². The number of carbonyl (C=O) groups is 2. The minimum absolute atomic E-state index is 0.0186. The maximum atomic E-state index is 13.8. The number of halogens is 2. The minimum atomic E-state index is -0.572. The van der Waals surface area contributed by atoms with Crippen LogP contribution in [0.5, 0.6) is 0 Å². The molecule has 2 amide bonds. The van der Waals surface area contributed by atoms with Crippen LogP contribution in [0.3, 0.4) is 0 Å². The molecule has 0 atom stereocenters. The van der Waals surface area contributed by atoms with Gasteiger partial charge >= 0.3 is 0 Å². The van der Waals surface area contributed by atoms with Crippen LogP contribution in [0.15, 0.2) is 42.5 Å². The van der Waals surface area contributed by atoms with Crippen LogP contribution in [0.2, 0.25) is 5.02 Å². The van der Waals surface area contributed by atoms with Crippen LogP contribution in [0.25, 0.3) is 0 Å². The molecule has 0 aliphatic carbocycles. The van der Waals surface area contributed by atoms with Crippen molar-refractivity contribution in [2.24, 2.45) is 5.92 Å². The highest BCUT2D eigenvalue weighted by Crippen LogP contribution is 2.30. The summed E-state index contributed by atoms with van der Waals surface area (Å²) in [5.41, 5.74) is 1.33. The number of rotatable bonds is 5. The van der Waals surface area contributed by atoms with Gasteiger partial charge in [0.25, 0.3) is 5.91 Å². The molecule has 29 heavy (non-hydrogen) atoms. The molecule has 5 nitrogen and oxygen atoms in total. The molecule has 154 valence electrons. The van der Waals surface area contributed by atoms with Gasteiger partial charge in [-0.25, -0.2) is 4.39 Å². The Kier molecular flexibility index (Phi) is 6.75. The molecule has 2 aromatic carbocycles. The molecule has 3 rings (SSSR count). The number of amides is 2. The van der Waals surface area contributed by atoms with E-state index in [0.717, 1.165) is 5.69 Å². The van der Waals surface area contributed by atoms with E-state index in [0.29, 0.717) is 49.2 Å². The Morgan fingerprint density at radius 1 is 1.10 bits per heavy atom. The molecule has 0 radical (unpaired) electrons. The fourth-order valence-corrected chi connectivity index (χ4v) is 3.66. The summed E-state index contributed by atoms with van der Waals surface area (Å²) in [7, 11) is 0. The topological polar surface area (TPSA) is 52.7 Å². The molecular formula is C22H25ClFN3O2. The second kappa shape index (κ2) is 9.27. The van der Waals surface area contributed by atoms with Gasteiger partial charge in [-0.15, -0.1) is 0 Å². The second-order valence-corrected chi connectivity index (χ2v) is 7.97. The van der Waals surface area contributed by atoms with Crippen molar-refractivity contribution in [3.8, 4) is 0 Å². The van der Waals surface area contributed by atoms with E-state index < -0.39 is 11.7 Å². The minimum Gasteiger partial charge on any atom is -0.367 e. The number of carbonyl (C=O) groups excluding carboxylic acids is 2. The monoisotopic (exact) mass is 417 g/mol. The van der Waals surface area contributed by atoms with Gasteiger partial charge in [0.2, 0.25) is 5.91 Å². The lowest BCUT2D eigenvalue weighted by Gasteiger charge is -2.36. The van der Waals surface area contributed by atoms with Gasteiger partial charge < -0.3 is 15.1 Å². The highest BCUT2D eigenvalue weighted by Gasteiger charge is 2.23. The zero-order valence-corrected chi connectivity index (χ0v) is 17.4. The summed E-state index contributed by atoms with van der Waals surface area (Å²) in [4.78, 5) is 28.5. The normalized spacial score (nSPS) is 14.2. The first-order chi connectivity index (χ1) is 13.8. The first kappa shape index (κ1) is 21.1. The van der Waals surface area contributed by atoms with Crippen molar-refractivity contribution in [2.75, 3.05) is 36.4 Å². The zero-order valence-electron chi connectivity index (χ0n) is 16.6. The summed E-state index contributed by atoms with van der Waals surface area (Å²) < 4.78 is 13.8. The SMILES string of the molecule is CC(C)CC(=O)N1CCN(c2ccc(NC(=O)c3ccccc3F)cc2Cl)CC1. The fraction of sp³-hybridized carbons (Fsp3) is 0.364. The summed E-state index contributed by atoms with van der Waals surface area (Å²) in [5.74, 6) is -0.555. The maximum Gasteiger partial charge on any atom is 0.258 e. The number of benzene rings is 2. The van der Waals surface area contributed by atoms with Gasteiger partial charge in [0.1, 0.15) is 5.82 Å². The van der Waals surface area contributed by atoms with Crippen molar-refractivity contribution in [2.45, 2.75) is 20.3 Å². The lowest BCUT2D eigenvalue weighted by Crippen LogP contribution is -2.49. The van der Waals surface area contributed by atoms with Crippen LogP contribution in [0.4, 0.5) is 15.8 Å². The molecule has 1 aliphatic heterocycles. The van der Waals surface area contributed by atoms with Gasteiger partial charge in [-0.05, 0) is 36.2 Å². The summed E-state index contributed by atoms with van der Waals surface area (Å²) in [6.07, 6.45) is 0.567. The molecule has 1 N–H and O–H groups in total. The summed E-state index contributed by atoms with van der Waals surface area (Å²) in [6, 6.07) is 11.1. The number of piperazine rings is 1. The quantitative estimate of drug-likeness (QED) is 0.783. The Hall–Kier alpha value is -2.60. The lowest BCUT2D eigenvalue weighted by atomic mass is 10.1. The van der Waals surface area contributed by atoms with Gasteiger partial charge in [0.15, 0.2) is 0 Å². The molecule has 0 saturated carbocycles. The van der Waals surface area contributed by atoms with Gasteiger partial charge in [-0.2, -0.15) is 0 Å². The molecule has 1 saturated heterocycles. The number of hydrogen-bond acceptors (Lipinski definition) is 3. The van der Waals surface area contributed by atoms with E-state index in [1.807, 2.05) is 24.8 Å². The van der Waals surface area contributed by atoms with E-state index in [-0.39, 0.29) is 11.5 Å². The van der Waals surface area contributed by atoms with E-state index in [9.17, 15) is 14.0 Å². The Balaban J connectivity index is 1.62. The van der Waals surface area contributed by atoms with Crippen molar-refractivity contribution < 1.29 is 14.0 Å². The first-order valence-electron chi connectivity index (χ1n) is 9.73. The predicted molar refractivity (Wildman–Crippen MR) is 114 cm³/mol. The average molecular weight is 418 g/mol. The highest BCUT2D eigenvalue weighted by atomic mass is 35.5. The van der Waals surface area contributed by atoms with Crippen molar-refractivity contribution in [3.05, 3.63) is 58.9 Å². The van der Waals surface area contributed by atoms with Gasteiger partial charge in [-0.3, -0.25) is 9.59 Å². The number of hydrogen-bond donors (Lipinski definition) is 1. The molecule has 1 fully saturated rings. The number of anilines is 2. The predicted octanol–water partition coefficient (Wildman–Crippen LogP) is 4.43. The highest BCUT2D eigenvalue weighted by molar-refractivity contribution is 6.33. The molecule has 1 heterocycles. The van der Waals surface area contributed by atoms with Crippen molar-refractivity contribution in [1.82, 2.24) is 4.90 Å². The second-order valence-electron chi connectivity index (χ2n) is 7.57. The number of nitrogens with zero attached hydrogens (tertiary/aromatic N) is 2. The van der Waals surface area contributed by atoms with Crippen molar-refractivity contribution >= 4 is 34.8 Å². The Morgan fingerprint density at radius 3 is 2.41 bits per heavy atom. The largest absolute Gasteiger partial charge is 0.367 e. The average Bonchev–Trinajstić information content (AvgIpc) is 2.68. The molecule has 1 aliphatic rings. The third-order valence-corrected chi connectivity index (χ3v) is 5.18. The summed E-state index contributed by atoms with van der Waals surface area (Å²) in [5, 5.41) is 3.17. The van der Waals surface area contributed by atoms with Crippen LogP contribution in [0, 0.1) is 11.7 Å². The van der Waals surface area contributed by atoms with Gasteiger partial charge in [-0.1, -0.05) is 37.6 Å². The fourth-order valence-electron chi connectivity index (χ4n) is 3.36. The Morgan fingerprint density at radius 2 is 1.79 bits per heavy atom. The smallest absolute Gasteiger partial charge is 0.258 e. The van der Waals surface area contributed by atoms with E-state index in [1.165, 1.54) is 18.2 Å². The molecule has 0 bridgehead atoms. The van der Waals surface area contributed by atoms with Crippen molar-refractivity contribution in [1.29, 1.82) is 0 Å². The molecule has 0 aromatic heterocycles. The van der Waals surface area contributed by atoms with Crippen LogP contribution in [0.1, 0.15) is 30.6 Å². The molecule has 0 unspecified atom stereocenters. The Labute approximate surface area is 175 Å². The first-order valence-corrected chi connectivity index (χ1v) is 10.1. The number of nitrogens with one attached hydrogen (secondary N) is 1. The standard InChI is InChI=1S/C22H25ClFN3O2/c1-15(2)13-21(28)27-11-9-26(10-12-27)20-8-7-16(14-18(20)23)25-22(29)17-5-3-4-6-19(17)24/h3-8,14-15H,9-13H2,1-2H3,(H,25,29). The van der Waals surface area contributed by atoms with Crippen molar-refractivity contribution in [3.63, 3.8) is 0 Å². The van der Waals surface area contributed by atoms with E-state index in [2.05, 4.69) is 10.2 Å². The van der Waals surface area contributed by atoms with Gasteiger partial charge in [0.05, 0.1) is 16.3 Å². The van der Waals surface area contributed by atoms with Gasteiger partial charge in [0, 0.05) is 38.3 Å². The van der Waals surface area contributed by atoms with Crippen LogP contribution < -0.4 is 10.2 Å². The maximum absolute atomic E-state index is 13.8. The lowest BCUT2D eigenvalue weighted by molar-refractivity contribution is -0.132. The third kappa shape index (κ3) is 5.26. The van der Waals surface area contributed by atoms with E-state index in [4.69, 9.17) is 11.6 Å². The third-order valence-electron chi connectivity index (χ3n) is 4.88.